The molecule has 1 fully saturated rings. The van der Waals surface area contributed by atoms with E-state index in [1.807, 2.05) is 0 Å². The molecule has 0 spiro atoms. The molecule has 1 aromatic rings. The SMILES string of the molecule is CNc1cccc(N2CCNC(=O)C2)c1[N+](=O)[O-]. The van der Waals surface area contributed by atoms with Gasteiger partial charge in [0.25, 0.3) is 0 Å². The Morgan fingerprint density at radius 1 is 1.50 bits per heavy atom. The third-order valence-electron chi connectivity index (χ3n) is 2.85. The minimum atomic E-state index is -0.423. The number of carbonyl (C=O) groups is 1. The van der Waals surface area contributed by atoms with E-state index in [-0.39, 0.29) is 18.1 Å². The number of nitro benzene ring substituents is 1. The van der Waals surface area contributed by atoms with E-state index in [1.54, 1.807) is 30.1 Å². The zero-order chi connectivity index (χ0) is 13.1. The van der Waals surface area contributed by atoms with Gasteiger partial charge in [-0.3, -0.25) is 14.9 Å². The largest absolute Gasteiger partial charge is 0.382 e. The minimum Gasteiger partial charge on any atom is -0.382 e. The summed E-state index contributed by atoms with van der Waals surface area (Å²) in [6.07, 6.45) is 0. The summed E-state index contributed by atoms with van der Waals surface area (Å²) in [5, 5.41) is 16.7. The molecule has 2 N–H and O–H groups in total. The number of carbonyl (C=O) groups excluding carboxylic acids is 1. The molecular formula is C11H14N4O3. The van der Waals surface area contributed by atoms with Gasteiger partial charge in [0.05, 0.1) is 11.5 Å². The number of hydrogen-bond donors (Lipinski definition) is 2. The Morgan fingerprint density at radius 2 is 2.28 bits per heavy atom. The third kappa shape index (κ3) is 2.20. The van der Waals surface area contributed by atoms with Crippen LogP contribution in [0.15, 0.2) is 18.2 Å². The molecule has 0 atom stereocenters. The van der Waals surface area contributed by atoms with Crippen molar-refractivity contribution in [1.29, 1.82) is 0 Å². The van der Waals surface area contributed by atoms with Crippen LogP contribution in [-0.4, -0.2) is 37.5 Å². The van der Waals surface area contributed by atoms with Gasteiger partial charge in [0.15, 0.2) is 0 Å². The van der Waals surface area contributed by atoms with Gasteiger partial charge in [-0.05, 0) is 12.1 Å². The Labute approximate surface area is 104 Å². The highest BCUT2D eigenvalue weighted by molar-refractivity contribution is 5.85. The van der Waals surface area contributed by atoms with Crippen LogP contribution in [0.2, 0.25) is 0 Å². The summed E-state index contributed by atoms with van der Waals surface area (Å²) in [5.41, 5.74) is 0.930. The van der Waals surface area contributed by atoms with Crippen LogP contribution in [0.25, 0.3) is 0 Å². The van der Waals surface area contributed by atoms with Gasteiger partial charge in [0.2, 0.25) is 5.91 Å². The maximum Gasteiger partial charge on any atom is 0.315 e. The summed E-state index contributed by atoms with van der Waals surface area (Å²) in [6, 6.07) is 5.05. The van der Waals surface area contributed by atoms with E-state index in [0.717, 1.165) is 0 Å². The van der Waals surface area contributed by atoms with Gasteiger partial charge in [-0.1, -0.05) is 6.07 Å². The van der Waals surface area contributed by atoms with Gasteiger partial charge in [-0.2, -0.15) is 0 Å². The number of amides is 1. The summed E-state index contributed by atoms with van der Waals surface area (Å²) < 4.78 is 0. The Bertz CT molecular complexity index is 489. The number of benzene rings is 1. The van der Waals surface area contributed by atoms with Crippen molar-refractivity contribution < 1.29 is 9.72 Å². The zero-order valence-corrected chi connectivity index (χ0v) is 9.97. The number of nitrogens with one attached hydrogen (secondary N) is 2. The number of piperazine rings is 1. The molecular weight excluding hydrogens is 236 g/mol. The summed E-state index contributed by atoms with van der Waals surface area (Å²) in [6.45, 7) is 1.22. The monoisotopic (exact) mass is 250 g/mol. The van der Waals surface area contributed by atoms with Crippen molar-refractivity contribution >= 4 is 23.0 Å². The average molecular weight is 250 g/mol. The lowest BCUT2D eigenvalue weighted by atomic mass is 10.2. The van der Waals surface area contributed by atoms with E-state index in [9.17, 15) is 14.9 Å². The first kappa shape index (κ1) is 12.2. The van der Waals surface area contributed by atoms with E-state index < -0.39 is 4.92 Å². The summed E-state index contributed by atoms with van der Waals surface area (Å²) in [4.78, 5) is 23.8. The van der Waals surface area contributed by atoms with Gasteiger partial charge < -0.3 is 15.5 Å². The topological polar surface area (TPSA) is 87.5 Å². The van der Waals surface area contributed by atoms with E-state index in [4.69, 9.17) is 0 Å². The molecule has 7 heteroatoms. The predicted octanol–water partition coefficient (Wildman–Crippen LogP) is 0.573. The normalized spacial score (nSPS) is 15.2. The number of nitro groups is 1. The second kappa shape index (κ2) is 4.91. The third-order valence-corrected chi connectivity index (χ3v) is 2.85. The maximum atomic E-state index is 11.3. The van der Waals surface area contributed by atoms with Crippen molar-refractivity contribution in [2.75, 3.05) is 36.9 Å². The van der Waals surface area contributed by atoms with Gasteiger partial charge in [-0.15, -0.1) is 0 Å². The van der Waals surface area contributed by atoms with Crippen LogP contribution in [0, 0.1) is 10.1 Å². The van der Waals surface area contributed by atoms with Crippen molar-refractivity contribution in [3.8, 4) is 0 Å². The van der Waals surface area contributed by atoms with Crippen molar-refractivity contribution in [2.24, 2.45) is 0 Å². The first-order valence-corrected chi connectivity index (χ1v) is 5.60. The van der Waals surface area contributed by atoms with Crippen LogP contribution >= 0.6 is 0 Å². The van der Waals surface area contributed by atoms with Crippen LogP contribution in [0.4, 0.5) is 17.1 Å². The number of hydrogen-bond acceptors (Lipinski definition) is 5. The highest BCUT2D eigenvalue weighted by atomic mass is 16.6. The lowest BCUT2D eigenvalue weighted by molar-refractivity contribution is -0.383. The van der Waals surface area contributed by atoms with E-state index in [0.29, 0.717) is 24.5 Å². The lowest BCUT2D eigenvalue weighted by Crippen LogP contribution is -2.47. The smallest absolute Gasteiger partial charge is 0.315 e. The molecule has 1 aromatic carbocycles. The summed E-state index contributed by atoms with van der Waals surface area (Å²) >= 11 is 0. The fourth-order valence-electron chi connectivity index (χ4n) is 2.02. The number of nitrogens with zero attached hydrogens (tertiary/aromatic N) is 2. The molecule has 2 rings (SSSR count). The molecule has 18 heavy (non-hydrogen) atoms. The fraction of sp³-hybridized carbons (Fsp3) is 0.364. The first-order valence-electron chi connectivity index (χ1n) is 5.60. The van der Waals surface area contributed by atoms with E-state index in [1.165, 1.54) is 0 Å². The van der Waals surface area contributed by atoms with Crippen LogP contribution in [0.3, 0.4) is 0 Å². The molecule has 7 nitrogen and oxygen atoms in total. The highest BCUT2D eigenvalue weighted by Crippen LogP contribution is 2.35. The average Bonchev–Trinajstić information content (AvgIpc) is 2.37. The summed E-state index contributed by atoms with van der Waals surface area (Å²) in [7, 11) is 1.63. The Hall–Kier alpha value is -2.31. The van der Waals surface area contributed by atoms with Gasteiger partial charge in [-0.25, -0.2) is 0 Å². The Kier molecular flexibility index (Phi) is 3.31. The van der Waals surface area contributed by atoms with Crippen LogP contribution in [0.5, 0.6) is 0 Å². The maximum absolute atomic E-state index is 11.3. The van der Waals surface area contributed by atoms with Gasteiger partial charge in [0, 0.05) is 20.1 Å². The second-order valence-electron chi connectivity index (χ2n) is 3.95. The molecule has 0 aromatic heterocycles. The number of rotatable bonds is 3. The second-order valence-corrected chi connectivity index (χ2v) is 3.95. The van der Waals surface area contributed by atoms with Crippen molar-refractivity contribution in [3.05, 3.63) is 28.3 Å². The molecule has 1 saturated heterocycles. The molecule has 0 unspecified atom stereocenters. The van der Waals surface area contributed by atoms with E-state index >= 15 is 0 Å². The summed E-state index contributed by atoms with van der Waals surface area (Å²) in [5.74, 6) is -0.120. The van der Waals surface area contributed by atoms with Crippen LogP contribution < -0.4 is 15.5 Å². The lowest BCUT2D eigenvalue weighted by Gasteiger charge is -2.28. The molecule has 0 bridgehead atoms. The first-order chi connectivity index (χ1) is 8.63. The van der Waals surface area contributed by atoms with Crippen LogP contribution in [0.1, 0.15) is 0 Å². The number of para-hydroxylation sites is 1. The molecule has 0 saturated carbocycles. The van der Waals surface area contributed by atoms with Gasteiger partial charge in [0.1, 0.15) is 11.4 Å². The molecule has 1 aliphatic rings. The van der Waals surface area contributed by atoms with Crippen molar-refractivity contribution in [1.82, 2.24) is 5.32 Å². The van der Waals surface area contributed by atoms with Crippen molar-refractivity contribution in [3.63, 3.8) is 0 Å². The minimum absolute atomic E-state index is 0.00898. The zero-order valence-electron chi connectivity index (χ0n) is 9.97. The standard InChI is InChI=1S/C11H14N4O3/c1-12-8-3-2-4-9(11(8)15(17)18)14-6-5-13-10(16)7-14/h2-4,12H,5-7H2,1H3,(H,13,16). The Morgan fingerprint density at radius 3 is 2.89 bits per heavy atom. The molecule has 1 heterocycles. The Balaban J connectivity index is 2.43. The predicted molar refractivity (Wildman–Crippen MR) is 67.9 cm³/mol. The molecule has 0 aliphatic carbocycles. The quantitative estimate of drug-likeness (QED) is 0.605. The van der Waals surface area contributed by atoms with Gasteiger partial charge >= 0.3 is 5.69 Å². The highest BCUT2D eigenvalue weighted by Gasteiger charge is 2.26. The van der Waals surface area contributed by atoms with E-state index in [2.05, 4.69) is 10.6 Å². The molecule has 96 valence electrons. The fourth-order valence-corrected chi connectivity index (χ4v) is 2.02. The molecule has 0 radical (unpaired) electrons. The number of anilines is 2. The molecule has 1 aliphatic heterocycles. The molecule has 1 amide bonds. The van der Waals surface area contributed by atoms with Crippen LogP contribution in [-0.2, 0) is 4.79 Å². The van der Waals surface area contributed by atoms with Crippen molar-refractivity contribution in [2.45, 2.75) is 0 Å².